The molecule has 2 N–H and O–H groups in total. The number of benzene rings is 1. The van der Waals surface area contributed by atoms with Gasteiger partial charge in [0.05, 0.1) is 5.30 Å². The largest absolute Gasteiger partial charge is 0.342 e. The van der Waals surface area contributed by atoms with Gasteiger partial charge in [-0.15, -0.1) is 0 Å². The Morgan fingerprint density at radius 1 is 1.25 bits per heavy atom. The summed E-state index contributed by atoms with van der Waals surface area (Å²) in [4.78, 5) is 17.8. The second kappa shape index (κ2) is 3.18. The van der Waals surface area contributed by atoms with Crippen LogP contribution in [0.4, 0.5) is 8.78 Å². The van der Waals surface area contributed by atoms with Crippen LogP contribution < -0.4 is 5.30 Å². The van der Waals surface area contributed by atoms with Crippen molar-refractivity contribution in [3.63, 3.8) is 0 Å². The van der Waals surface area contributed by atoms with E-state index in [0.717, 1.165) is 12.1 Å². The molecule has 6 heteroatoms. The molecule has 0 heterocycles. The SMILES string of the molecule is OP(O)(=S)c1ccc(F)cc1F. The van der Waals surface area contributed by atoms with Gasteiger partial charge >= 0.3 is 0 Å². The predicted octanol–water partition coefficient (Wildman–Crippen LogP) is 0.884. The van der Waals surface area contributed by atoms with Crippen molar-refractivity contribution in [2.45, 2.75) is 0 Å². The van der Waals surface area contributed by atoms with Crippen LogP contribution in [-0.2, 0) is 11.8 Å². The van der Waals surface area contributed by atoms with Gasteiger partial charge < -0.3 is 9.79 Å². The van der Waals surface area contributed by atoms with Gasteiger partial charge in [-0.05, 0) is 23.9 Å². The van der Waals surface area contributed by atoms with Gasteiger partial charge in [-0.25, -0.2) is 8.78 Å². The van der Waals surface area contributed by atoms with Gasteiger partial charge in [0.2, 0.25) is 6.49 Å². The monoisotopic (exact) mass is 210 g/mol. The van der Waals surface area contributed by atoms with E-state index in [2.05, 4.69) is 11.8 Å². The Morgan fingerprint density at radius 3 is 2.25 bits per heavy atom. The summed E-state index contributed by atoms with van der Waals surface area (Å²) < 4.78 is 25.1. The number of hydrogen-bond donors (Lipinski definition) is 2. The van der Waals surface area contributed by atoms with E-state index >= 15 is 0 Å². The third-order valence-electron chi connectivity index (χ3n) is 1.22. The standard InChI is InChI=1S/C6H5F2O2PS/c7-4-1-2-6(5(8)3-4)11(9,10)12/h1-3H,(H2,9,10,12). The molecule has 1 rings (SSSR count). The van der Waals surface area contributed by atoms with Crippen LogP contribution in [0, 0.1) is 11.6 Å². The summed E-state index contributed by atoms with van der Waals surface area (Å²) in [5, 5.41) is -0.418. The van der Waals surface area contributed by atoms with Crippen LogP contribution in [-0.4, -0.2) is 9.79 Å². The van der Waals surface area contributed by atoms with Gasteiger partial charge in [-0.1, -0.05) is 0 Å². The Hall–Kier alpha value is -0.350. The average Bonchev–Trinajstić information content (AvgIpc) is 1.83. The molecule has 0 amide bonds. The van der Waals surface area contributed by atoms with Crippen molar-refractivity contribution in [2.75, 3.05) is 0 Å². The maximum atomic E-state index is 12.7. The van der Waals surface area contributed by atoms with Crippen LogP contribution in [0.15, 0.2) is 18.2 Å². The molecular weight excluding hydrogens is 205 g/mol. The van der Waals surface area contributed by atoms with Crippen molar-refractivity contribution >= 4 is 23.6 Å². The first-order valence-electron chi connectivity index (χ1n) is 2.92. The van der Waals surface area contributed by atoms with Crippen molar-refractivity contribution in [1.29, 1.82) is 0 Å². The molecule has 0 radical (unpaired) electrons. The van der Waals surface area contributed by atoms with Crippen LogP contribution >= 0.6 is 6.49 Å². The molecule has 2 nitrogen and oxygen atoms in total. The van der Waals surface area contributed by atoms with Gasteiger partial charge in [0, 0.05) is 6.07 Å². The highest BCUT2D eigenvalue weighted by atomic mass is 32.5. The van der Waals surface area contributed by atoms with Gasteiger partial charge in [0.25, 0.3) is 0 Å². The van der Waals surface area contributed by atoms with Gasteiger partial charge in [-0.3, -0.25) is 0 Å². The van der Waals surface area contributed by atoms with E-state index < -0.39 is 23.4 Å². The third kappa shape index (κ3) is 2.08. The number of rotatable bonds is 1. The smallest absolute Gasteiger partial charge is 0.217 e. The van der Waals surface area contributed by atoms with E-state index in [1.807, 2.05) is 0 Å². The normalized spacial score (nSPS) is 11.7. The highest BCUT2D eigenvalue weighted by molar-refractivity contribution is 8.12. The molecule has 0 fully saturated rings. The fourth-order valence-corrected chi connectivity index (χ4v) is 1.77. The van der Waals surface area contributed by atoms with E-state index in [9.17, 15) is 8.78 Å². The minimum atomic E-state index is -3.78. The lowest BCUT2D eigenvalue weighted by atomic mass is 10.3. The van der Waals surface area contributed by atoms with Gasteiger partial charge in [0.15, 0.2) is 0 Å². The maximum absolute atomic E-state index is 12.7. The van der Waals surface area contributed by atoms with Crippen LogP contribution in [0.5, 0.6) is 0 Å². The second-order valence-corrected chi connectivity index (χ2v) is 5.24. The Morgan fingerprint density at radius 2 is 1.83 bits per heavy atom. The molecule has 12 heavy (non-hydrogen) atoms. The molecule has 66 valence electrons. The van der Waals surface area contributed by atoms with E-state index in [4.69, 9.17) is 9.79 Å². The molecule has 1 aromatic rings. The Balaban J connectivity index is 3.28. The maximum Gasteiger partial charge on any atom is 0.217 e. The zero-order valence-electron chi connectivity index (χ0n) is 5.74. The summed E-state index contributed by atoms with van der Waals surface area (Å²) in [6, 6.07) is 2.42. The lowest BCUT2D eigenvalue weighted by molar-refractivity contribution is 0.489. The Labute approximate surface area is 72.6 Å². The summed E-state index contributed by atoms with van der Waals surface area (Å²) in [6.07, 6.45) is 0. The topological polar surface area (TPSA) is 40.5 Å². The molecule has 0 saturated heterocycles. The Kier molecular flexibility index (Phi) is 2.58. The lowest BCUT2D eigenvalue weighted by Gasteiger charge is -2.07. The van der Waals surface area contributed by atoms with Crippen LogP contribution in [0.3, 0.4) is 0 Å². The van der Waals surface area contributed by atoms with E-state index in [-0.39, 0.29) is 0 Å². The zero-order chi connectivity index (χ0) is 9.35. The summed E-state index contributed by atoms with van der Waals surface area (Å²) in [6.45, 7) is -3.78. The molecule has 0 aliphatic carbocycles. The van der Waals surface area contributed by atoms with Crippen LogP contribution in [0.1, 0.15) is 0 Å². The molecule has 0 aromatic heterocycles. The molecule has 0 unspecified atom stereocenters. The van der Waals surface area contributed by atoms with E-state index in [1.165, 1.54) is 0 Å². The average molecular weight is 210 g/mol. The van der Waals surface area contributed by atoms with Gasteiger partial charge in [-0.2, -0.15) is 0 Å². The van der Waals surface area contributed by atoms with Crippen LogP contribution in [0.25, 0.3) is 0 Å². The van der Waals surface area contributed by atoms with E-state index in [0.29, 0.717) is 6.07 Å². The quantitative estimate of drug-likeness (QED) is 0.676. The number of halogens is 2. The summed E-state index contributed by atoms with van der Waals surface area (Å²) in [5.74, 6) is -1.80. The molecule has 1 aromatic carbocycles. The Bertz CT molecular complexity index is 349. The summed E-state index contributed by atoms with van der Waals surface area (Å²) >= 11 is 4.24. The fraction of sp³-hybridized carbons (Fsp3) is 0. The van der Waals surface area contributed by atoms with Crippen molar-refractivity contribution in [2.24, 2.45) is 0 Å². The van der Waals surface area contributed by atoms with E-state index in [1.54, 1.807) is 0 Å². The van der Waals surface area contributed by atoms with Crippen LogP contribution in [0.2, 0.25) is 0 Å². The molecular formula is C6H5F2O2PS. The minimum absolute atomic E-state index is 0.418. The summed E-state index contributed by atoms with van der Waals surface area (Å²) in [5.41, 5.74) is 0. The highest BCUT2D eigenvalue weighted by Gasteiger charge is 2.16. The van der Waals surface area contributed by atoms with Crippen molar-refractivity contribution in [1.82, 2.24) is 0 Å². The first kappa shape index (κ1) is 9.74. The zero-order valence-corrected chi connectivity index (χ0v) is 7.45. The highest BCUT2D eigenvalue weighted by Crippen LogP contribution is 2.34. The first-order chi connectivity index (χ1) is 5.41. The third-order valence-corrected chi connectivity index (χ3v) is 2.80. The second-order valence-electron chi connectivity index (χ2n) is 2.14. The molecule has 0 spiro atoms. The minimum Gasteiger partial charge on any atom is -0.342 e. The van der Waals surface area contributed by atoms with Crippen molar-refractivity contribution in [3.05, 3.63) is 29.8 Å². The van der Waals surface area contributed by atoms with Crippen molar-refractivity contribution in [3.8, 4) is 0 Å². The van der Waals surface area contributed by atoms with Crippen molar-refractivity contribution < 1.29 is 18.6 Å². The van der Waals surface area contributed by atoms with Gasteiger partial charge in [0.1, 0.15) is 11.6 Å². The number of hydrogen-bond acceptors (Lipinski definition) is 1. The predicted molar refractivity (Wildman–Crippen MR) is 44.7 cm³/mol. The molecule has 0 atom stereocenters. The lowest BCUT2D eigenvalue weighted by Crippen LogP contribution is -2.08. The first-order valence-corrected chi connectivity index (χ1v) is 5.63. The summed E-state index contributed by atoms with van der Waals surface area (Å²) in [7, 11) is 0. The fourth-order valence-electron chi connectivity index (χ4n) is 0.717. The molecule has 0 aliphatic rings. The molecule has 0 saturated carbocycles. The molecule has 0 bridgehead atoms. The molecule has 0 aliphatic heterocycles.